The summed E-state index contributed by atoms with van der Waals surface area (Å²) in [5, 5.41) is 8.39. The lowest BCUT2D eigenvalue weighted by atomic mass is 10.2. The van der Waals surface area contributed by atoms with Crippen molar-refractivity contribution >= 4 is 5.91 Å². The van der Waals surface area contributed by atoms with Gasteiger partial charge < -0.3 is 14.3 Å². The number of rotatable bonds is 5. The fourth-order valence-corrected chi connectivity index (χ4v) is 3.51. The SMILES string of the molecule is CCN1CCN(C(=O)c2cnn(-c3ccc(-c4nc(C(C)C)no4)cn3)c2C)CC1. The zero-order valence-electron chi connectivity index (χ0n) is 17.9. The maximum Gasteiger partial charge on any atom is 0.259 e. The maximum absolute atomic E-state index is 13.0. The van der Waals surface area contributed by atoms with Gasteiger partial charge in [-0.1, -0.05) is 25.9 Å². The molecule has 4 rings (SSSR count). The van der Waals surface area contributed by atoms with Crippen LogP contribution in [0, 0.1) is 6.92 Å². The van der Waals surface area contributed by atoms with E-state index in [9.17, 15) is 4.79 Å². The first-order valence-corrected chi connectivity index (χ1v) is 10.3. The lowest BCUT2D eigenvalue weighted by Gasteiger charge is -2.34. The molecular formula is C21H27N7O2. The van der Waals surface area contributed by atoms with Gasteiger partial charge in [-0.2, -0.15) is 10.1 Å². The van der Waals surface area contributed by atoms with E-state index in [0.29, 0.717) is 23.1 Å². The summed E-state index contributed by atoms with van der Waals surface area (Å²) in [5.41, 5.74) is 2.13. The fraction of sp³-hybridized carbons (Fsp3) is 0.476. The topological polar surface area (TPSA) is 93.2 Å². The van der Waals surface area contributed by atoms with Crippen LogP contribution in [0.15, 0.2) is 29.0 Å². The maximum atomic E-state index is 13.0. The van der Waals surface area contributed by atoms with E-state index in [4.69, 9.17) is 4.52 Å². The Morgan fingerprint density at radius 3 is 2.53 bits per heavy atom. The van der Waals surface area contributed by atoms with Crippen LogP contribution in [0.4, 0.5) is 0 Å². The van der Waals surface area contributed by atoms with Crippen LogP contribution >= 0.6 is 0 Å². The monoisotopic (exact) mass is 409 g/mol. The molecule has 1 fully saturated rings. The Morgan fingerprint density at radius 1 is 1.17 bits per heavy atom. The Balaban J connectivity index is 1.51. The summed E-state index contributed by atoms with van der Waals surface area (Å²) in [4.78, 5) is 26.1. The molecule has 9 nitrogen and oxygen atoms in total. The molecule has 0 saturated carbocycles. The fourth-order valence-electron chi connectivity index (χ4n) is 3.51. The van der Waals surface area contributed by atoms with Crippen LogP contribution in [0.1, 0.15) is 48.6 Å². The van der Waals surface area contributed by atoms with Crippen LogP contribution in [0.3, 0.4) is 0 Å². The number of hydrogen-bond acceptors (Lipinski definition) is 7. The van der Waals surface area contributed by atoms with Crippen molar-refractivity contribution < 1.29 is 9.32 Å². The number of carbonyl (C=O) groups excluding carboxylic acids is 1. The van der Waals surface area contributed by atoms with Crippen LogP contribution in [-0.4, -0.2) is 73.3 Å². The molecule has 1 saturated heterocycles. The zero-order valence-corrected chi connectivity index (χ0v) is 17.9. The number of likely N-dealkylation sites (N-methyl/N-ethyl adjacent to an activating group) is 1. The molecule has 0 radical (unpaired) electrons. The van der Waals surface area contributed by atoms with Crippen LogP contribution in [0.25, 0.3) is 17.3 Å². The van der Waals surface area contributed by atoms with Crippen molar-refractivity contribution in [1.82, 2.24) is 34.7 Å². The van der Waals surface area contributed by atoms with Crippen LogP contribution in [0.5, 0.6) is 0 Å². The van der Waals surface area contributed by atoms with E-state index in [2.05, 4.69) is 32.0 Å². The Kier molecular flexibility index (Phi) is 5.63. The molecule has 0 spiro atoms. The van der Waals surface area contributed by atoms with Crippen molar-refractivity contribution in [2.75, 3.05) is 32.7 Å². The number of hydrogen-bond donors (Lipinski definition) is 0. The first-order valence-electron chi connectivity index (χ1n) is 10.3. The van der Waals surface area contributed by atoms with Crippen molar-refractivity contribution in [2.45, 2.75) is 33.6 Å². The van der Waals surface area contributed by atoms with Crippen LogP contribution in [-0.2, 0) is 0 Å². The number of amides is 1. The van der Waals surface area contributed by atoms with Gasteiger partial charge in [0.15, 0.2) is 11.6 Å². The third-order valence-corrected chi connectivity index (χ3v) is 5.52. The molecule has 0 unspecified atom stereocenters. The number of pyridine rings is 1. The summed E-state index contributed by atoms with van der Waals surface area (Å²) in [6.45, 7) is 12.4. The first-order chi connectivity index (χ1) is 14.5. The van der Waals surface area contributed by atoms with Crippen molar-refractivity contribution in [3.05, 3.63) is 41.6 Å². The van der Waals surface area contributed by atoms with Gasteiger partial charge in [0.05, 0.1) is 23.0 Å². The normalized spacial score (nSPS) is 15.2. The Morgan fingerprint density at radius 2 is 1.93 bits per heavy atom. The average Bonchev–Trinajstić information content (AvgIpc) is 3.41. The van der Waals surface area contributed by atoms with E-state index in [1.807, 2.05) is 37.8 Å². The average molecular weight is 409 g/mol. The summed E-state index contributed by atoms with van der Waals surface area (Å²) in [6.07, 6.45) is 3.31. The van der Waals surface area contributed by atoms with E-state index in [-0.39, 0.29) is 11.8 Å². The van der Waals surface area contributed by atoms with E-state index >= 15 is 0 Å². The molecule has 0 aliphatic carbocycles. The lowest BCUT2D eigenvalue weighted by molar-refractivity contribution is 0.0642. The highest BCUT2D eigenvalue weighted by atomic mass is 16.5. The van der Waals surface area contributed by atoms with Gasteiger partial charge in [0, 0.05) is 38.3 Å². The van der Waals surface area contributed by atoms with E-state index < -0.39 is 0 Å². The predicted molar refractivity (Wildman–Crippen MR) is 111 cm³/mol. The van der Waals surface area contributed by atoms with Crippen molar-refractivity contribution in [2.24, 2.45) is 0 Å². The quantitative estimate of drug-likeness (QED) is 0.639. The molecule has 0 aromatic carbocycles. The van der Waals surface area contributed by atoms with E-state index in [0.717, 1.165) is 44.0 Å². The molecule has 3 aromatic rings. The van der Waals surface area contributed by atoms with Crippen LogP contribution in [0.2, 0.25) is 0 Å². The van der Waals surface area contributed by atoms with Crippen molar-refractivity contribution in [1.29, 1.82) is 0 Å². The smallest absolute Gasteiger partial charge is 0.259 e. The molecule has 3 aromatic heterocycles. The zero-order chi connectivity index (χ0) is 21.3. The highest BCUT2D eigenvalue weighted by Gasteiger charge is 2.25. The van der Waals surface area contributed by atoms with Gasteiger partial charge in [-0.3, -0.25) is 4.79 Å². The third kappa shape index (κ3) is 3.85. The molecule has 30 heavy (non-hydrogen) atoms. The van der Waals surface area contributed by atoms with Gasteiger partial charge in [-0.05, 0) is 25.6 Å². The molecule has 4 heterocycles. The molecule has 1 amide bonds. The van der Waals surface area contributed by atoms with Crippen LogP contribution < -0.4 is 0 Å². The standard InChI is InChI=1S/C21H27N7O2/c1-5-26-8-10-27(11-9-26)21(29)17-13-23-28(15(17)4)18-7-6-16(12-22-18)20-24-19(14(2)3)25-30-20/h6-7,12-14H,5,8-11H2,1-4H3. The van der Waals surface area contributed by atoms with Crippen molar-refractivity contribution in [3.8, 4) is 17.3 Å². The largest absolute Gasteiger partial charge is 0.336 e. The van der Waals surface area contributed by atoms with Gasteiger partial charge in [0.25, 0.3) is 11.8 Å². The second-order valence-corrected chi connectivity index (χ2v) is 7.80. The molecule has 1 aliphatic rings. The lowest BCUT2D eigenvalue weighted by Crippen LogP contribution is -2.48. The van der Waals surface area contributed by atoms with E-state index in [1.165, 1.54) is 0 Å². The van der Waals surface area contributed by atoms with Crippen molar-refractivity contribution in [3.63, 3.8) is 0 Å². The molecule has 9 heteroatoms. The second-order valence-electron chi connectivity index (χ2n) is 7.80. The summed E-state index contributed by atoms with van der Waals surface area (Å²) in [6, 6.07) is 3.70. The summed E-state index contributed by atoms with van der Waals surface area (Å²) in [7, 11) is 0. The predicted octanol–water partition coefficient (Wildman–Crippen LogP) is 2.53. The minimum absolute atomic E-state index is 0.0261. The number of piperazine rings is 1. The number of carbonyl (C=O) groups is 1. The van der Waals surface area contributed by atoms with E-state index in [1.54, 1.807) is 17.1 Å². The Labute approximate surface area is 175 Å². The number of nitrogens with zero attached hydrogens (tertiary/aromatic N) is 7. The second kappa shape index (κ2) is 8.35. The number of aromatic nitrogens is 5. The van der Waals surface area contributed by atoms with Gasteiger partial charge >= 0.3 is 0 Å². The Hall–Kier alpha value is -3.07. The van der Waals surface area contributed by atoms with Gasteiger partial charge in [0.1, 0.15) is 0 Å². The van der Waals surface area contributed by atoms with Gasteiger partial charge in [-0.25, -0.2) is 9.67 Å². The molecule has 1 aliphatic heterocycles. The minimum atomic E-state index is 0.0261. The molecule has 158 valence electrons. The summed E-state index contributed by atoms with van der Waals surface area (Å²) < 4.78 is 7.01. The molecular weight excluding hydrogens is 382 g/mol. The Bertz CT molecular complexity index is 1010. The van der Waals surface area contributed by atoms with Gasteiger partial charge in [0.2, 0.25) is 0 Å². The first kappa shape index (κ1) is 20.2. The van der Waals surface area contributed by atoms with Gasteiger partial charge in [-0.15, -0.1) is 0 Å². The summed E-state index contributed by atoms with van der Waals surface area (Å²) in [5.74, 6) is 1.97. The molecule has 0 bridgehead atoms. The minimum Gasteiger partial charge on any atom is -0.336 e. The highest BCUT2D eigenvalue weighted by molar-refractivity contribution is 5.95. The highest BCUT2D eigenvalue weighted by Crippen LogP contribution is 2.21. The molecule has 0 atom stereocenters. The third-order valence-electron chi connectivity index (χ3n) is 5.52. The molecule has 0 N–H and O–H groups in total. The summed E-state index contributed by atoms with van der Waals surface area (Å²) >= 11 is 0.